The molecule has 1 N–H and O–H groups in total. The van der Waals surface area contributed by atoms with Crippen LogP contribution >= 0.6 is 11.6 Å². The molecule has 0 aliphatic carbocycles. The monoisotopic (exact) mass is 354 g/mol. The van der Waals surface area contributed by atoms with E-state index in [-0.39, 0.29) is 22.9 Å². The maximum absolute atomic E-state index is 13.9. The molecule has 0 atom stereocenters. The van der Waals surface area contributed by atoms with E-state index in [9.17, 15) is 9.18 Å². The number of hydrazine groups is 1. The van der Waals surface area contributed by atoms with Crippen molar-refractivity contribution >= 4 is 28.9 Å². The van der Waals surface area contributed by atoms with Gasteiger partial charge in [-0.25, -0.2) is 4.39 Å². The zero-order chi connectivity index (χ0) is 17.6. The summed E-state index contributed by atoms with van der Waals surface area (Å²) in [6.07, 6.45) is -0.151. The van der Waals surface area contributed by atoms with E-state index >= 15 is 0 Å². The van der Waals surface area contributed by atoms with Crippen LogP contribution in [0.3, 0.4) is 0 Å². The molecular formula is C20H16ClFN2O. The number of carbonyl (C=O) groups excluding carboxylic acids is 1. The van der Waals surface area contributed by atoms with E-state index < -0.39 is 5.82 Å². The summed E-state index contributed by atoms with van der Waals surface area (Å²) in [6.45, 7) is 0. The topological polar surface area (TPSA) is 32.3 Å². The van der Waals surface area contributed by atoms with Crippen molar-refractivity contribution in [2.45, 2.75) is 6.42 Å². The minimum absolute atomic E-state index is 0.151. The molecule has 0 spiro atoms. The standard InChI is InChI=1S/C20H16ClFN2O/c21-18-12-7-13-19(22)17(18)14-20(25)23-24(15-8-3-1-4-9-15)16-10-5-2-6-11-16/h1-13H,14H2,(H,23,25). The van der Waals surface area contributed by atoms with Crippen LogP contribution in [0.25, 0.3) is 0 Å². The molecule has 3 aromatic rings. The predicted molar refractivity (Wildman–Crippen MR) is 98.3 cm³/mol. The van der Waals surface area contributed by atoms with Gasteiger partial charge in [-0.1, -0.05) is 54.1 Å². The number of rotatable bonds is 5. The Morgan fingerprint density at radius 3 is 1.96 bits per heavy atom. The first kappa shape index (κ1) is 17.0. The van der Waals surface area contributed by atoms with E-state index in [1.807, 2.05) is 60.7 Å². The Balaban J connectivity index is 1.84. The van der Waals surface area contributed by atoms with Crippen LogP contribution < -0.4 is 10.4 Å². The summed E-state index contributed by atoms with van der Waals surface area (Å²) >= 11 is 6.01. The van der Waals surface area contributed by atoms with E-state index in [1.54, 1.807) is 11.1 Å². The average Bonchev–Trinajstić information content (AvgIpc) is 2.64. The highest BCUT2D eigenvalue weighted by Gasteiger charge is 2.16. The number of halogens is 2. The van der Waals surface area contributed by atoms with Crippen LogP contribution in [0.5, 0.6) is 0 Å². The van der Waals surface area contributed by atoms with Gasteiger partial charge in [0.25, 0.3) is 0 Å². The molecular weight excluding hydrogens is 339 g/mol. The Bertz CT molecular complexity index is 796. The Labute approximate surface area is 150 Å². The zero-order valence-corrected chi connectivity index (χ0v) is 14.1. The van der Waals surface area contributed by atoms with Crippen LogP contribution in [0.4, 0.5) is 15.8 Å². The van der Waals surface area contributed by atoms with Gasteiger partial charge in [-0.3, -0.25) is 15.2 Å². The molecule has 0 aliphatic heterocycles. The van der Waals surface area contributed by atoms with Gasteiger partial charge >= 0.3 is 0 Å². The SMILES string of the molecule is O=C(Cc1c(F)cccc1Cl)NN(c1ccccc1)c1ccccc1. The third-order valence-corrected chi connectivity index (χ3v) is 4.02. The summed E-state index contributed by atoms with van der Waals surface area (Å²) in [7, 11) is 0. The molecule has 1 amide bonds. The second-order valence-electron chi connectivity index (χ2n) is 5.42. The second kappa shape index (κ2) is 7.81. The van der Waals surface area contributed by atoms with Crippen LogP contribution in [-0.4, -0.2) is 5.91 Å². The molecule has 3 aromatic carbocycles. The Kier molecular flexibility index (Phi) is 5.31. The molecule has 0 saturated heterocycles. The summed E-state index contributed by atoms with van der Waals surface area (Å²) in [6, 6.07) is 23.2. The second-order valence-corrected chi connectivity index (χ2v) is 5.83. The van der Waals surface area contributed by atoms with Gasteiger partial charge in [0.15, 0.2) is 0 Å². The highest BCUT2D eigenvalue weighted by molar-refractivity contribution is 6.31. The van der Waals surface area contributed by atoms with E-state index in [2.05, 4.69) is 5.43 Å². The van der Waals surface area contributed by atoms with Gasteiger partial charge in [0.1, 0.15) is 5.82 Å². The van der Waals surface area contributed by atoms with E-state index in [0.29, 0.717) is 0 Å². The number of nitrogens with one attached hydrogen (secondary N) is 1. The van der Waals surface area contributed by atoms with Gasteiger partial charge in [-0.05, 0) is 36.4 Å². The van der Waals surface area contributed by atoms with E-state index in [1.165, 1.54) is 12.1 Å². The molecule has 0 heterocycles. The lowest BCUT2D eigenvalue weighted by molar-refractivity contribution is -0.120. The molecule has 3 rings (SSSR count). The highest BCUT2D eigenvalue weighted by Crippen LogP contribution is 2.23. The van der Waals surface area contributed by atoms with Crippen molar-refractivity contribution in [3.63, 3.8) is 0 Å². The number of hydrogen-bond donors (Lipinski definition) is 1. The van der Waals surface area contributed by atoms with Gasteiger partial charge < -0.3 is 0 Å². The quantitative estimate of drug-likeness (QED) is 0.661. The third-order valence-electron chi connectivity index (χ3n) is 3.66. The predicted octanol–water partition coefficient (Wildman–Crippen LogP) is 4.89. The van der Waals surface area contributed by atoms with Crippen molar-refractivity contribution in [3.8, 4) is 0 Å². The van der Waals surface area contributed by atoms with Crippen molar-refractivity contribution in [2.75, 3.05) is 5.01 Å². The van der Waals surface area contributed by atoms with Gasteiger partial charge in [0, 0.05) is 10.6 Å². The largest absolute Gasteiger partial charge is 0.273 e. The number of carbonyl (C=O) groups is 1. The molecule has 0 bridgehead atoms. The molecule has 5 heteroatoms. The fourth-order valence-electron chi connectivity index (χ4n) is 2.46. The smallest absolute Gasteiger partial charge is 0.243 e. The molecule has 0 fully saturated rings. The summed E-state index contributed by atoms with van der Waals surface area (Å²) in [5, 5.41) is 1.90. The summed E-state index contributed by atoms with van der Waals surface area (Å²) in [4.78, 5) is 12.5. The molecule has 0 unspecified atom stereocenters. The lowest BCUT2D eigenvalue weighted by Crippen LogP contribution is -2.40. The van der Waals surface area contributed by atoms with Crippen LogP contribution in [0.1, 0.15) is 5.56 Å². The lowest BCUT2D eigenvalue weighted by Gasteiger charge is -2.25. The van der Waals surface area contributed by atoms with E-state index in [0.717, 1.165) is 11.4 Å². The van der Waals surface area contributed by atoms with Crippen molar-refractivity contribution in [1.82, 2.24) is 5.43 Å². The van der Waals surface area contributed by atoms with Crippen molar-refractivity contribution in [2.24, 2.45) is 0 Å². The number of anilines is 2. The van der Waals surface area contributed by atoms with Gasteiger partial charge in [-0.15, -0.1) is 0 Å². The molecule has 3 nitrogen and oxygen atoms in total. The van der Waals surface area contributed by atoms with Crippen LogP contribution in [0.15, 0.2) is 78.9 Å². The molecule has 0 saturated carbocycles. The Hall–Kier alpha value is -2.85. The minimum atomic E-state index is -0.492. The third kappa shape index (κ3) is 4.17. The van der Waals surface area contributed by atoms with Gasteiger partial charge in [-0.2, -0.15) is 0 Å². The van der Waals surface area contributed by atoms with Crippen molar-refractivity contribution < 1.29 is 9.18 Å². The molecule has 0 aliphatic rings. The molecule has 126 valence electrons. The van der Waals surface area contributed by atoms with Crippen LogP contribution in [-0.2, 0) is 11.2 Å². The molecule has 25 heavy (non-hydrogen) atoms. The number of benzene rings is 3. The summed E-state index contributed by atoms with van der Waals surface area (Å²) < 4.78 is 13.9. The fraction of sp³-hybridized carbons (Fsp3) is 0.0500. The summed E-state index contributed by atoms with van der Waals surface area (Å²) in [5.74, 6) is -0.853. The lowest BCUT2D eigenvalue weighted by atomic mass is 10.1. The first-order chi connectivity index (χ1) is 12.1. The first-order valence-electron chi connectivity index (χ1n) is 7.78. The highest BCUT2D eigenvalue weighted by atomic mass is 35.5. The minimum Gasteiger partial charge on any atom is -0.273 e. The number of nitrogens with zero attached hydrogens (tertiary/aromatic N) is 1. The molecule has 0 aromatic heterocycles. The maximum Gasteiger partial charge on any atom is 0.243 e. The van der Waals surface area contributed by atoms with Gasteiger partial charge in [0.2, 0.25) is 5.91 Å². The normalized spacial score (nSPS) is 10.3. The van der Waals surface area contributed by atoms with Gasteiger partial charge in [0.05, 0.1) is 17.8 Å². The van der Waals surface area contributed by atoms with Crippen molar-refractivity contribution in [3.05, 3.63) is 95.3 Å². The Morgan fingerprint density at radius 2 is 1.44 bits per heavy atom. The van der Waals surface area contributed by atoms with E-state index in [4.69, 9.17) is 11.6 Å². The zero-order valence-electron chi connectivity index (χ0n) is 13.3. The number of amides is 1. The van der Waals surface area contributed by atoms with Crippen LogP contribution in [0, 0.1) is 5.82 Å². The van der Waals surface area contributed by atoms with Crippen LogP contribution in [0.2, 0.25) is 5.02 Å². The number of para-hydroxylation sites is 2. The molecule has 0 radical (unpaired) electrons. The Morgan fingerprint density at radius 1 is 0.880 bits per heavy atom. The van der Waals surface area contributed by atoms with Crippen molar-refractivity contribution in [1.29, 1.82) is 0 Å². The average molecular weight is 355 g/mol. The number of hydrogen-bond acceptors (Lipinski definition) is 2. The fourth-order valence-corrected chi connectivity index (χ4v) is 2.69. The summed E-state index contributed by atoms with van der Waals surface area (Å²) in [5.41, 5.74) is 4.59. The maximum atomic E-state index is 13.9. The first-order valence-corrected chi connectivity index (χ1v) is 8.15.